The number of nitrogens with one attached hydrogen (secondary N) is 2. The van der Waals surface area contributed by atoms with E-state index in [-0.39, 0.29) is 5.91 Å². The molecule has 1 aromatic heterocycles. The Labute approximate surface area is 92.9 Å². The molecule has 0 aliphatic carbocycles. The van der Waals surface area contributed by atoms with E-state index < -0.39 is 0 Å². The molecule has 0 aliphatic rings. The molecule has 2 aromatic rings. The summed E-state index contributed by atoms with van der Waals surface area (Å²) < 4.78 is 0. The average molecular weight is 216 g/mol. The highest BCUT2D eigenvalue weighted by molar-refractivity contribution is 6.03. The first kappa shape index (κ1) is 10.4. The number of amides is 1. The molecule has 0 unspecified atom stereocenters. The van der Waals surface area contributed by atoms with Crippen molar-refractivity contribution >= 4 is 11.9 Å². The Morgan fingerprint density at radius 3 is 2.69 bits per heavy atom. The fraction of sp³-hybridized carbons (Fsp3) is 0.182. The van der Waals surface area contributed by atoms with Crippen molar-refractivity contribution in [1.82, 2.24) is 15.2 Å². The molecule has 0 spiro atoms. The van der Waals surface area contributed by atoms with E-state index in [4.69, 9.17) is 0 Å². The molecule has 1 heterocycles. The fourth-order valence-corrected chi connectivity index (χ4v) is 1.34. The minimum absolute atomic E-state index is 0.195. The lowest BCUT2D eigenvalue weighted by Gasteiger charge is -2.02. The Balaban J connectivity index is 2.09. The highest BCUT2D eigenvalue weighted by Crippen LogP contribution is 2.06. The van der Waals surface area contributed by atoms with Crippen molar-refractivity contribution in [2.75, 3.05) is 5.32 Å². The maximum Gasteiger partial charge on any atom is 0.258 e. The van der Waals surface area contributed by atoms with Crippen molar-refractivity contribution in [3.8, 4) is 0 Å². The monoisotopic (exact) mass is 216 g/mol. The predicted octanol–water partition coefficient (Wildman–Crippen LogP) is 1.62. The van der Waals surface area contributed by atoms with Crippen molar-refractivity contribution in [3.63, 3.8) is 0 Å². The second-order valence-corrected chi connectivity index (χ2v) is 3.34. The largest absolute Gasteiger partial charge is 0.291 e. The molecule has 1 amide bonds. The zero-order valence-electron chi connectivity index (χ0n) is 8.90. The maximum atomic E-state index is 11.7. The number of nitrogens with zero attached hydrogens (tertiary/aromatic N) is 2. The van der Waals surface area contributed by atoms with Crippen LogP contribution in [0.25, 0.3) is 0 Å². The lowest BCUT2D eigenvalue weighted by Crippen LogP contribution is -2.12. The molecule has 2 rings (SSSR count). The molecule has 2 N–H and O–H groups in total. The van der Waals surface area contributed by atoms with Crippen molar-refractivity contribution in [1.29, 1.82) is 0 Å². The summed E-state index contributed by atoms with van der Waals surface area (Å²) in [5, 5.41) is 8.82. The molecule has 0 aliphatic heterocycles. The minimum Gasteiger partial charge on any atom is -0.291 e. The van der Waals surface area contributed by atoms with Crippen LogP contribution in [0, 0.1) is 0 Å². The average Bonchev–Trinajstić information content (AvgIpc) is 2.82. The van der Waals surface area contributed by atoms with Gasteiger partial charge in [0.25, 0.3) is 5.91 Å². The lowest BCUT2D eigenvalue weighted by atomic mass is 10.1. The van der Waals surface area contributed by atoms with Crippen LogP contribution in [-0.2, 0) is 6.42 Å². The van der Waals surface area contributed by atoms with Gasteiger partial charge in [-0.25, -0.2) is 5.10 Å². The normalized spacial score (nSPS) is 10.1. The molecule has 5 nitrogen and oxygen atoms in total. The van der Waals surface area contributed by atoms with Crippen LogP contribution in [0.2, 0.25) is 0 Å². The molecule has 0 bridgehead atoms. The van der Waals surface area contributed by atoms with Gasteiger partial charge in [-0.1, -0.05) is 19.1 Å². The van der Waals surface area contributed by atoms with Crippen LogP contribution in [0.1, 0.15) is 22.8 Å². The summed E-state index contributed by atoms with van der Waals surface area (Å²) in [4.78, 5) is 15.5. The van der Waals surface area contributed by atoms with Gasteiger partial charge in [0.1, 0.15) is 6.33 Å². The number of aryl methyl sites for hydroxylation is 1. The molecule has 82 valence electrons. The van der Waals surface area contributed by atoms with E-state index in [0.717, 1.165) is 6.42 Å². The first-order valence-electron chi connectivity index (χ1n) is 5.05. The Morgan fingerprint density at radius 2 is 2.12 bits per heavy atom. The minimum atomic E-state index is -0.195. The van der Waals surface area contributed by atoms with E-state index in [1.807, 2.05) is 12.1 Å². The zero-order chi connectivity index (χ0) is 11.4. The fourth-order valence-electron chi connectivity index (χ4n) is 1.34. The van der Waals surface area contributed by atoms with Crippen molar-refractivity contribution in [3.05, 3.63) is 41.7 Å². The third kappa shape index (κ3) is 2.25. The number of aromatic nitrogens is 3. The second kappa shape index (κ2) is 4.57. The Kier molecular flexibility index (Phi) is 2.95. The lowest BCUT2D eigenvalue weighted by molar-refractivity contribution is 0.102. The third-order valence-corrected chi connectivity index (χ3v) is 2.27. The van der Waals surface area contributed by atoms with Gasteiger partial charge < -0.3 is 0 Å². The summed E-state index contributed by atoms with van der Waals surface area (Å²) in [6.45, 7) is 2.07. The van der Waals surface area contributed by atoms with Gasteiger partial charge in [-0.15, -0.1) is 0 Å². The third-order valence-electron chi connectivity index (χ3n) is 2.27. The first-order valence-corrected chi connectivity index (χ1v) is 5.05. The number of carbonyl (C=O) groups excluding carboxylic acids is 1. The summed E-state index contributed by atoms with van der Waals surface area (Å²) in [7, 11) is 0. The van der Waals surface area contributed by atoms with E-state index >= 15 is 0 Å². The number of benzene rings is 1. The van der Waals surface area contributed by atoms with E-state index in [0.29, 0.717) is 11.5 Å². The van der Waals surface area contributed by atoms with Crippen LogP contribution in [0.15, 0.2) is 30.6 Å². The van der Waals surface area contributed by atoms with Gasteiger partial charge in [0.15, 0.2) is 0 Å². The number of hydrogen-bond donors (Lipinski definition) is 2. The molecule has 0 fully saturated rings. The topological polar surface area (TPSA) is 70.7 Å². The molecular formula is C11H12N4O. The highest BCUT2D eigenvalue weighted by atomic mass is 16.1. The maximum absolute atomic E-state index is 11.7. The first-order chi connectivity index (χ1) is 7.79. The van der Waals surface area contributed by atoms with Gasteiger partial charge in [-0.3, -0.25) is 10.1 Å². The van der Waals surface area contributed by atoms with Crippen molar-refractivity contribution in [2.24, 2.45) is 0 Å². The van der Waals surface area contributed by atoms with Gasteiger partial charge >= 0.3 is 0 Å². The van der Waals surface area contributed by atoms with Crippen LogP contribution in [0.5, 0.6) is 0 Å². The molecule has 0 saturated carbocycles. The molecule has 1 aromatic carbocycles. The number of carbonyl (C=O) groups is 1. The van der Waals surface area contributed by atoms with E-state index in [1.165, 1.54) is 11.9 Å². The number of aromatic amines is 1. The molecule has 0 radical (unpaired) electrons. The van der Waals surface area contributed by atoms with Crippen molar-refractivity contribution < 1.29 is 4.79 Å². The van der Waals surface area contributed by atoms with Crippen LogP contribution in [-0.4, -0.2) is 21.1 Å². The summed E-state index contributed by atoms with van der Waals surface area (Å²) in [5.41, 5.74) is 1.81. The number of rotatable bonds is 3. The Morgan fingerprint density at radius 1 is 1.38 bits per heavy atom. The van der Waals surface area contributed by atoms with Gasteiger partial charge in [0.2, 0.25) is 5.95 Å². The predicted molar refractivity (Wildman–Crippen MR) is 60.2 cm³/mol. The zero-order valence-corrected chi connectivity index (χ0v) is 8.90. The van der Waals surface area contributed by atoms with E-state index in [2.05, 4.69) is 27.4 Å². The molecule has 0 saturated heterocycles. The summed E-state index contributed by atoms with van der Waals surface area (Å²) in [6.07, 6.45) is 2.31. The van der Waals surface area contributed by atoms with Crippen molar-refractivity contribution in [2.45, 2.75) is 13.3 Å². The van der Waals surface area contributed by atoms with Crippen LogP contribution in [0.4, 0.5) is 5.95 Å². The molecule has 0 atom stereocenters. The molecule has 5 heteroatoms. The number of hydrogen-bond acceptors (Lipinski definition) is 3. The number of anilines is 1. The van der Waals surface area contributed by atoms with E-state index in [9.17, 15) is 4.79 Å². The van der Waals surface area contributed by atoms with Gasteiger partial charge in [-0.05, 0) is 24.1 Å². The molecule has 16 heavy (non-hydrogen) atoms. The van der Waals surface area contributed by atoms with Crippen LogP contribution < -0.4 is 5.32 Å². The Hall–Kier alpha value is -2.17. The second-order valence-electron chi connectivity index (χ2n) is 3.34. The molecular weight excluding hydrogens is 204 g/mol. The van der Waals surface area contributed by atoms with Gasteiger partial charge in [0.05, 0.1) is 0 Å². The van der Waals surface area contributed by atoms with Crippen LogP contribution in [0.3, 0.4) is 0 Å². The van der Waals surface area contributed by atoms with E-state index in [1.54, 1.807) is 12.1 Å². The highest BCUT2D eigenvalue weighted by Gasteiger charge is 2.06. The summed E-state index contributed by atoms with van der Waals surface area (Å²) in [5.74, 6) is 0.156. The quantitative estimate of drug-likeness (QED) is 0.819. The Bertz CT molecular complexity index is 461. The summed E-state index contributed by atoms with van der Waals surface area (Å²) >= 11 is 0. The SMILES string of the molecule is CCc1ccc(C(=O)Nc2ncn[nH]2)cc1. The smallest absolute Gasteiger partial charge is 0.258 e. The van der Waals surface area contributed by atoms with Gasteiger partial charge in [0, 0.05) is 5.56 Å². The standard InChI is InChI=1S/C11H12N4O/c1-2-8-3-5-9(6-4-8)10(16)14-11-12-7-13-15-11/h3-7H,2H2,1H3,(H2,12,13,14,15,16). The summed E-state index contributed by atoms with van der Waals surface area (Å²) in [6, 6.07) is 7.47. The van der Waals surface area contributed by atoms with Gasteiger partial charge in [-0.2, -0.15) is 10.1 Å². The number of H-pyrrole nitrogens is 1. The van der Waals surface area contributed by atoms with Crippen LogP contribution >= 0.6 is 0 Å².